The molecular formula is C30H66MgO7S. The normalized spacial score (nSPS) is 10.6. The molecule has 0 radical (unpaired) electrons. The van der Waals surface area contributed by atoms with Crippen molar-refractivity contribution in [3.05, 3.63) is 0 Å². The number of rotatable bonds is 26. The molecule has 0 aromatic carbocycles. The second kappa shape index (κ2) is 40.2. The summed E-state index contributed by atoms with van der Waals surface area (Å²) in [5.41, 5.74) is 0. The third-order valence-corrected chi connectivity index (χ3v) is 6.51. The first-order chi connectivity index (χ1) is 18.2. The third-order valence-electron chi connectivity index (χ3n) is 6.51. The predicted molar refractivity (Wildman–Crippen MR) is 168 cm³/mol. The van der Waals surface area contributed by atoms with Crippen LogP contribution in [-0.2, 0) is 15.2 Å². The van der Waals surface area contributed by atoms with E-state index in [4.69, 9.17) is 27.7 Å². The van der Waals surface area contributed by atoms with Crippen molar-refractivity contribution in [1.29, 1.82) is 0 Å². The van der Waals surface area contributed by atoms with Crippen molar-refractivity contribution in [3.8, 4) is 0 Å². The fourth-order valence-electron chi connectivity index (χ4n) is 4.25. The van der Waals surface area contributed by atoms with Crippen LogP contribution in [-0.4, -0.2) is 63.4 Å². The van der Waals surface area contributed by atoms with Crippen LogP contribution in [0.1, 0.15) is 184 Å². The minimum Gasteiger partial charge on any atom is -1.00 e. The first-order valence-corrected chi connectivity index (χ1v) is 17.1. The Kier molecular flexibility index (Phi) is 47.5. The fraction of sp³-hybridized carbons (Fsp3) is 0.967. The molecule has 0 fully saturated rings. The molecule has 0 bridgehead atoms. The molecule has 0 heterocycles. The van der Waals surface area contributed by atoms with Crippen LogP contribution < -0.4 is 0 Å². The van der Waals surface area contributed by atoms with Crippen LogP contribution in [0.15, 0.2) is 0 Å². The molecule has 236 valence electrons. The van der Waals surface area contributed by atoms with Gasteiger partial charge in [-0.3, -0.25) is 13.9 Å². The van der Waals surface area contributed by atoms with E-state index in [1.165, 1.54) is 141 Å². The van der Waals surface area contributed by atoms with Crippen molar-refractivity contribution in [2.45, 2.75) is 181 Å². The number of carboxylic acid groups (broad SMARTS) is 1. The molecule has 0 amide bonds. The van der Waals surface area contributed by atoms with Crippen LogP contribution in [0.5, 0.6) is 0 Å². The molecule has 0 unspecified atom stereocenters. The van der Waals surface area contributed by atoms with E-state index in [0.29, 0.717) is 13.0 Å². The second-order valence-corrected chi connectivity index (χ2v) is 11.3. The average Bonchev–Trinajstić information content (AvgIpc) is 2.84. The minimum absolute atomic E-state index is 0. The van der Waals surface area contributed by atoms with Gasteiger partial charge in [0.15, 0.2) is 0 Å². The van der Waals surface area contributed by atoms with E-state index >= 15 is 0 Å². The van der Waals surface area contributed by atoms with E-state index in [1.807, 2.05) is 0 Å². The molecule has 0 rings (SSSR count). The van der Waals surface area contributed by atoms with Gasteiger partial charge in [0.1, 0.15) is 0 Å². The summed E-state index contributed by atoms with van der Waals surface area (Å²) in [5.74, 6) is -0.653. The molecule has 0 aliphatic rings. The van der Waals surface area contributed by atoms with E-state index in [1.54, 1.807) is 0 Å². The Balaban J connectivity index is -0.000000126. The molecule has 0 spiro atoms. The zero-order valence-electron chi connectivity index (χ0n) is 27.7. The van der Waals surface area contributed by atoms with E-state index in [2.05, 4.69) is 13.8 Å². The number of aliphatic hydroxyl groups excluding tert-OH is 1. The third kappa shape index (κ3) is 67.6. The van der Waals surface area contributed by atoms with Crippen molar-refractivity contribution < 1.29 is 35.4 Å². The van der Waals surface area contributed by atoms with Gasteiger partial charge in [-0.05, 0) is 12.8 Å². The molecule has 4 N–H and O–H groups in total. The van der Waals surface area contributed by atoms with Gasteiger partial charge in [0.2, 0.25) is 0 Å². The van der Waals surface area contributed by atoms with Crippen LogP contribution in [0.4, 0.5) is 0 Å². The maximum atomic E-state index is 10.3. The Bertz CT molecular complexity index is 539. The Hall–Kier alpha value is 0.0662. The molecule has 0 atom stereocenters. The maximum absolute atomic E-state index is 10.3. The minimum atomic E-state index is -4.67. The molecule has 0 saturated heterocycles. The largest absolute Gasteiger partial charge is 2.00 e. The Labute approximate surface area is 261 Å². The second-order valence-electron chi connectivity index (χ2n) is 10.4. The van der Waals surface area contributed by atoms with Gasteiger partial charge < -0.3 is 13.1 Å². The standard InChI is InChI=1S/C18H36O2.C12H26O.Mg.H2O4S.2H/c1-2-3-4-5-6-7-8-9-10-11-12-13-14-15-16-17-18(19)20;1-2-3-4-5-6-7-8-9-10-11-12-13;;1-5(2,3)4;;/h2-17H2,1H3,(H,19,20);13H,2-12H2,1H3;;(H2,1,2,3,4);;/q;;+2;;2*-1. The summed E-state index contributed by atoms with van der Waals surface area (Å²) in [6, 6.07) is 0. The summed E-state index contributed by atoms with van der Waals surface area (Å²) < 4.78 is 31.6. The monoisotopic (exact) mass is 594 g/mol. The number of carbonyl (C=O) groups is 1. The maximum Gasteiger partial charge on any atom is 2.00 e. The molecule has 0 aromatic heterocycles. The van der Waals surface area contributed by atoms with Crippen molar-refractivity contribution in [1.82, 2.24) is 0 Å². The van der Waals surface area contributed by atoms with Crippen molar-refractivity contribution in [2.24, 2.45) is 0 Å². The van der Waals surface area contributed by atoms with Gasteiger partial charge in [-0.25, -0.2) is 0 Å². The fourth-order valence-corrected chi connectivity index (χ4v) is 4.25. The van der Waals surface area contributed by atoms with Gasteiger partial charge in [-0.15, -0.1) is 0 Å². The summed E-state index contributed by atoms with van der Waals surface area (Å²) in [7, 11) is -4.67. The van der Waals surface area contributed by atoms with Crippen molar-refractivity contribution in [2.75, 3.05) is 6.61 Å². The SMILES string of the molecule is CCCCCCCCCCCCCCCCCC(=O)O.CCCCCCCCCCCCO.O=S(=O)(O)O.[H-].[H-].[Mg+2]. The molecule has 0 aromatic rings. The first kappa shape index (κ1) is 46.0. The molecule has 0 saturated carbocycles. The molecule has 9 heteroatoms. The quantitative estimate of drug-likeness (QED) is 0.0445. The average molecular weight is 595 g/mol. The topological polar surface area (TPSA) is 132 Å². The summed E-state index contributed by atoms with van der Waals surface area (Å²) >= 11 is 0. The van der Waals surface area contributed by atoms with E-state index in [0.717, 1.165) is 19.3 Å². The number of carboxylic acids is 1. The van der Waals surface area contributed by atoms with Crippen LogP contribution in [0, 0.1) is 0 Å². The zero-order valence-corrected chi connectivity index (χ0v) is 28.0. The van der Waals surface area contributed by atoms with Gasteiger partial charge in [-0.2, -0.15) is 8.42 Å². The van der Waals surface area contributed by atoms with E-state index < -0.39 is 16.4 Å². The summed E-state index contributed by atoms with van der Waals surface area (Å²) in [6.07, 6.45) is 33.5. The van der Waals surface area contributed by atoms with E-state index in [-0.39, 0.29) is 25.9 Å². The molecular weight excluding hydrogens is 529 g/mol. The van der Waals surface area contributed by atoms with E-state index in [9.17, 15) is 4.79 Å². The Morgan fingerprint density at radius 3 is 0.923 bits per heavy atom. The van der Waals surface area contributed by atoms with Gasteiger partial charge in [0.05, 0.1) is 0 Å². The van der Waals surface area contributed by atoms with Crippen molar-refractivity contribution >= 4 is 39.4 Å². The molecule has 39 heavy (non-hydrogen) atoms. The van der Waals surface area contributed by atoms with Gasteiger partial charge in [0, 0.05) is 13.0 Å². The first-order valence-electron chi connectivity index (χ1n) is 15.7. The number of hydrogen-bond acceptors (Lipinski definition) is 4. The molecule has 7 nitrogen and oxygen atoms in total. The molecule has 0 aliphatic heterocycles. The zero-order chi connectivity index (χ0) is 29.2. The van der Waals surface area contributed by atoms with Crippen LogP contribution in [0.2, 0.25) is 0 Å². The van der Waals surface area contributed by atoms with Crippen molar-refractivity contribution in [3.63, 3.8) is 0 Å². The van der Waals surface area contributed by atoms with Crippen LogP contribution in [0.25, 0.3) is 0 Å². The number of unbranched alkanes of at least 4 members (excludes halogenated alkanes) is 23. The predicted octanol–water partition coefficient (Wildman–Crippen LogP) is 9.42. The van der Waals surface area contributed by atoms with Gasteiger partial charge >= 0.3 is 39.4 Å². The Morgan fingerprint density at radius 1 is 0.513 bits per heavy atom. The van der Waals surface area contributed by atoms with Gasteiger partial charge in [0.25, 0.3) is 0 Å². The smallest absolute Gasteiger partial charge is 1.00 e. The number of aliphatic hydroxyl groups is 1. The van der Waals surface area contributed by atoms with Gasteiger partial charge in [-0.1, -0.05) is 162 Å². The Morgan fingerprint density at radius 2 is 0.718 bits per heavy atom. The van der Waals surface area contributed by atoms with Crippen LogP contribution in [0.3, 0.4) is 0 Å². The van der Waals surface area contributed by atoms with Crippen LogP contribution >= 0.6 is 0 Å². The summed E-state index contributed by atoms with van der Waals surface area (Å²) in [6.45, 7) is 4.90. The molecule has 0 aliphatic carbocycles. The number of hydrogen-bond donors (Lipinski definition) is 4. The number of aliphatic carboxylic acids is 1. The summed E-state index contributed by atoms with van der Waals surface area (Å²) in [4.78, 5) is 10.3. The summed E-state index contributed by atoms with van der Waals surface area (Å²) in [5, 5.41) is 17.1.